The van der Waals surface area contributed by atoms with E-state index >= 15 is 0 Å². The van der Waals surface area contributed by atoms with Crippen molar-refractivity contribution in [1.82, 2.24) is 10.2 Å². The summed E-state index contributed by atoms with van der Waals surface area (Å²) in [5.74, 6) is 0.760. The van der Waals surface area contributed by atoms with E-state index in [1.807, 2.05) is 33.0 Å². The summed E-state index contributed by atoms with van der Waals surface area (Å²) in [5.41, 5.74) is 0.452. The molecule has 4 nitrogen and oxygen atoms in total. The molecule has 4 heteroatoms. The number of rotatable bonds is 3. The number of hydrogen-bond donors (Lipinski definition) is 1. The van der Waals surface area contributed by atoms with Gasteiger partial charge in [0.05, 0.1) is 5.69 Å². The SMILES string of the molecule is CNc1ccc(C(C)(C)OC)nn1. The molecule has 1 heterocycles. The lowest BCUT2D eigenvalue weighted by Crippen LogP contribution is -2.21. The average molecular weight is 181 g/mol. The van der Waals surface area contributed by atoms with Gasteiger partial charge in [-0.3, -0.25) is 0 Å². The number of ether oxygens (including phenoxy) is 1. The van der Waals surface area contributed by atoms with E-state index in [-0.39, 0.29) is 5.60 Å². The van der Waals surface area contributed by atoms with Crippen LogP contribution in [0.1, 0.15) is 19.5 Å². The van der Waals surface area contributed by atoms with Gasteiger partial charge in [-0.05, 0) is 26.0 Å². The third-order valence-electron chi connectivity index (χ3n) is 2.05. The highest BCUT2D eigenvalue weighted by molar-refractivity contribution is 5.32. The number of aromatic nitrogens is 2. The largest absolute Gasteiger partial charge is 0.372 e. The van der Waals surface area contributed by atoms with Crippen LogP contribution in [0.5, 0.6) is 0 Å². The van der Waals surface area contributed by atoms with E-state index in [2.05, 4.69) is 15.5 Å². The summed E-state index contributed by atoms with van der Waals surface area (Å²) < 4.78 is 5.27. The van der Waals surface area contributed by atoms with Crippen molar-refractivity contribution in [2.75, 3.05) is 19.5 Å². The van der Waals surface area contributed by atoms with Crippen LogP contribution in [0.3, 0.4) is 0 Å². The Balaban J connectivity index is 2.92. The monoisotopic (exact) mass is 181 g/mol. The van der Waals surface area contributed by atoms with Crippen molar-refractivity contribution in [2.45, 2.75) is 19.4 Å². The summed E-state index contributed by atoms with van der Waals surface area (Å²) in [7, 11) is 3.47. The Morgan fingerprint density at radius 3 is 2.38 bits per heavy atom. The minimum absolute atomic E-state index is 0.376. The second-order valence-corrected chi connectivity index (χ2v) is 3.27. The van der Waals surface area contributed by atoms with Gasteiger partial charge in [0.25, 0.3) is 0 Å². The van der Waals surface area contributed by atoms with Gasteiger partial charge in [-0.25, -0.2) is 0 Å². The number of methoxy groups -OCH3 is 1. The second-order valence-electron chi connectivity index (χ2n) is 3.27. The van der Waals surface area contributed by atoms with Gasteiger partial charge in [-0.15, -0.1) is 5.10 Å². The molecular weight excluding hydrogens is 166 g/mol. The summed E-state index contributed by atoms with van der Waals surface area (Å²) in [6.07, 6.45) is 0. The molecule has 0 aromatic carbocycles. The van der Waals surface area contributed by atoms with E-state index in [4.69, 9.17) is 4.74 Å². The zero-order valence-electron chi connectivity index (χ0n) is 8.46. The van der Waals surface area contributed by atoms with Crippen LogP contribution >= 0.6 is 0 Å². The van der Waals surface area contributed by atoms with Gasteiger partial charge in [-0.1, -0.05) is 0 Å². The highest BCUT2D eigenvalue weighted by atomic mass is 16.5. The Morgan fingerprint density at radius 1 is 1.31 bits per heavy atom. The van der Waals surface area contributed by atoms with Crippen molar-refractivity contribution in [2.24, 2.45) is 0 Å². The van der Waals surface area contributed by atoms with Crippen LogP contribution in [0, 0.1) is 0 Å². The van der Waals surface area contributed by atoms with Crippen LogP contribution in [0.25, 0.3) is 0 Å². The smallest absolute Gasteiger partial charge is 0.148 e. The van der Waals surface area contributed by atoms with Crippen LogP contribution in [0.4, 0.5) is 5.82 Å². The first-order chi connectivity index (χ1) is 6.10. The van der Waals surface area contributed by atoms with Crippen molar-refractivity contribution < 1.29 is 4.74 Å². The predicted octanol–water partition coefficient (Wildman–Crippen LogP) is 1.40. The fraction of sp³-hybridized carbons (Fsp3) is 0.556. The summed E-state index contributed by atoms with van der Waals surface area (Å²) in [5, 5.41) is 10.9. The lowest BCUT2D eigenvalue weighted by atomic mass is 10.1. The molecule has 0 fully saturated rings. The van der Waals surface area contributed by atoms with E-state index in [0.717, 1.165) is 11.5 Å². The second kappa shape index (κ2) is 3.70. The molecule has 0 amide bonds. The zero-order chi connectivity index (χ0) is 9.90. The summed E-state index contributed by atoms with van der Waals surface area (Å²) in [6.45, 7) is 3.91. The van der Waals surface area contributed by atoms with Crippen molar-refractivity contribution in [3.63, 3.8) is 0 Å². The molecule has 0 atom stereocenters. The summed E-state index contributed by atoms with van der Waals surface area (Å²) in [4.78, 5) is 0. The summed E-state index contributed by atoms with van der Waals surface area (Å²) >= 11 is 0. The maximum absolute atomic E-state index is 5.27. The first kappa shape index (κ1) is 9.92. The summed E-state index contributed by atoms with van der Waals surface area (Å²) in [6, 6.07) is 3.78. The normalized spacial score (nSPS) is 11.4. The van der Waals surface area contributed by atoms with Gasteiger partial charge in [0.2, 0.25) is 0 Å². The Kier molecular flexibility index (Phi) is 2.83. The molecular formula is C9H15N3O. The molecule has 1 aromatic heterocycles. The predicted molar refractivity (Wildman–Crippen MR) is 51.6 cm³/mol. The third-order valence-corrected chi connectivity index (χ3v) is 2.05. The highest BCUT2D eigenvalue weighted by Gasteiger charge is 2.21. The zero-order valence-corrected chi connectivity index (χ0v) is 8.46. The number of nitrogens with zero attached hydrogens (tertiary/aromatic N) is 2. The van der Waals surface area contributed by atoms with Crippen LogP contribution in [-0.2, 0) is 10.3 Å². The van der Waals surface area contributed by atoms with Crippen molar-refractivity contribution in [3.8, 4) is 0 Å². The molecule has 0 unspecified atom stereocenters. The lowest BCUT2D eigenvalue weighted by Gasteiger charge is -2.21. The van der Waals surface area contributed by atoms with Crippen molar-refractivity contribution in [3.05, 3.63) is 17.8 Å². The van der Waals surface area contributed by atoms with Gasteiger partial charge in [0, 0.05) is 14.2 Å². The van der Waals surface area contributed by atoms with Crippen LogP contribution in [0.2, 0.25) is 0 Å². The van der Waals surface area contributed by atoms with Crippen molar-refractivity contribution in [1.29, 1.82) is 0 Å². The molecule has 0 aliphatic rings. The first-order valence-electron chi connectivity index (χ1n) is 4.17. The number of nitrogens with one attached hydrogen (secondary N) is 1. The van der Waals surface area contributed by atoms with E-state index in [1.165, 1.54) is 0 Å². The molecule has 13 heavy (non-hydrogen) atoms. The Hall–Kier alpha value is -1.16. The van der Waals surface area contributed by atoms with Gasteiger partial charge in [0.15, 0.2) is 0 Å². The third kappa shape index (κ3) is 2.15. The van der Waals surface area contributed by atoms with Crippen molar-refractivity contribution >= 4 is 5.82 Å². The van der Waals surface area contributed by atoms with Gasteiger partial charge in [-0.2, -0.15) is 5.10 Å². The molecule has 0 radical (unpaired) electrons. The minimum Gasteiger partial charge on any atom is -0.372 e. The number of hydrogen-bond acceptors (Lipinski definition) is 4. The highest BCUT2D eigenvalue weighted by Crippen LogP contribution is 2.21. The average Bonchev–Trinajstić information content (AvgIpc) is 2.18. The molecule has 1 aromatic rings. The fourth-order valence-electron chi connectivity index (χ4n) is 0.891. The molecule has 0 bridgehead atoms. The van der Waals surface area contributed by atoms with Gasteiger partial charge >= 0.3 is 0 Å². The van der Waals surface area contributed by atoms with E-state index < -0.39 is 0 Å². The molecule has 0 aliphatic carbocycles. The van der Waals surface area contributed by atoms with E-state index in [0.29, 0.717) is 0 Å². The number of anilines is 1. The first-order valence-corrected chi connectivity index (χ1v) is 4.17. The van der Waals surface area contributed by atoms with Crippen LogP contribution < -0.4 is 5.32 Å². The molecule has 0 spiro atoms. The molecule has 0 aliphatic heterocycles. The minimum atomic E-state index is -0.376. The molecule has 0 saturated carbocycles. The van der Waals surface area contributed by atoms with Gasteiger partial charge < -0.3 is 10.1 Å². The quantitative estimate of drug-likeness (QED) is 0.765. The lowest BCUT2D eigenvalue weighted by molar-refractivity contribution is 0.0148. The van der Waals surface area contributed by atoms with Crippen LogP contribution in [0.15, 0.2) is 12.1 Å². The standard InChI is InChI=1S/C9H15N3O/c1-9(2,13-4)7-5-6-8(10-3)12-11-7/h5-6H,1-4H3,(H,10,12). The molecule has 1 N–H and O–H groups in total. The fourth-order valence-corrected chi connectivity index (χ4v) is 0.891. The Labute approximate surface area is 78.3 Å². The Bertz CT molecular complexity index is 269. The Morgan fingerprint density at radius 2 is 2.00 bits per heavy atom. The van der Waals surface area contributed by atoms with Crippen LogP contribution in [-0.4, -0.2) is 24.4 Å². The van der Waals surface area contributed by atoms with Gasteiger partial charge in [0.1, 0.15) is 11.4 Å². The maximum Gasteiger partial charge on any atom is 0.148 e. The van der Waals surface area contributed by atoms with E-state index in [9.17, 15) is 0 Å². The maximum atomic E-state index is 5.27. The van der Waals surface area contributed by atoms with E-state index in [1.54, 1.807) is 7.11 Å². The molecule has 0 saturated heterocycles. The topological polar surface area (TPSA) is 47.0 Å². The molecule has 1 rings (SSSR count). The molecule has 72 valence electrons.